The van der Waals surface area contributed by atoms with Gasteiger partial charge in [0, 0.05) is 49.5 Å². The highest BCUT2D eigenvalue weighted by Crippen LogP contribution is 2.25. The third kappa shape index (κ3) is 4.48. The SMILES string of the molecule is Cc1nc(CN2CCOC[C@@]3(C2)CN(Cc2cccs2)CCO3)cs1. The van der Waals surface area contributed by atoms with Gasteiger partial charge in [0.1, 0.15) is 5.60 Å². The number of thiophene rings is 1. The van der Waals surface area contributed by atoms with Crippen molar-refractivity contribution in [2.75, 3.05) is 46.0 Å². The van der Waals surface area contributed by atoms with E-state index in [2.05, 4.69) is 44.6 Å². The lowest BCUT2D eigenvalue weighted by Crippen LogP contribution is -2.58. The van der Waals surface area contributed by atoms with Crippen LogP contribution >= 0.6 is 22.7 Å². The van der Waals surface area contributed by atoms with Crippen molar-refractivity contribution in [3.05, 3.63) is 38.5 Å². The third-order valence-electron chi connectivity index (χ3n) is 4.77. The monoisotopic (exact) mass is 379 g/mol. The molecule has 2 aromatic rings. The van der Waals surface area contributed by atoms with Gasteiger partial charge in [-0.15, -0.1) is 22.7 Å². The van der Waals surface area contributed by atoms with E-state index in [4.69, 9.17) is 9.47 Å². The van der Waals surface area contributed by atoms with Gasteiger partial charge in [-0.2, -0.15) is 0 Å². The predicted molar refractivity (Wildman–Crippen MR) is 101 cm³/mol. The Morgan fingerprint density at radius 2 is 2.00 bits per heavy atom. The lowest BCUT2D eigenvalue weighted by Gasteiger charge is -2.43. The lowest BCUT2D eigenvalue weighted by molar-refractivity contribution is -0.143. The van der Waals surface area contributed by atoms with Crippen molar-refractivity contribution in [1.29, 1.82) is 0 Å². The van der Waals surface area contributed by atoms with Gasteiger partial charge >= 0.3 is 0 Å². The number of nitrogens with zero attached hydrogens (tertiary/aromatic N) is 3. The number of aromatic nitrogens is 1. The molecule has 2 aromatic heterocycles. The van der Waals surface area contributed by atoms with E-state index in [1.807, 2.05) is 11.3 Å². The topological polar surface area (TPSA) is 37.8 Å². The van der Waals surface area contributed by atoms with Gasteiger partial charge in [0.2, 0.25) is 0 Å². The molecule has 25 heavy (non-hydrogen) atoms. The predicted octanol–water partition coefficient (Wildman–Crippen LogP) is 2.62. The molecule has 2 fully saturated rings. The summed E-state index contributed by atoms with van der Waals surface area (Å²) >= 11 is 3.55. The lowest BCUT2D eigenvalue weighted by atomic mass is 10.0. The minimum absolute atomic E-state index is 0.225. The molecule has 0 aromatic carbocycles. The van der Waals surface area contributed by atoms with E-state index in [0.29, 0.717) is 6.61 Å². The maximum absolute atomic E-state index is 6.29. The summed E-state index contributed by atoms with van der Waals surface area (Å²) in [5.41, 5.74) is 0.933. The molecule has 0 aliphatic carbocycles. The van der Waals surface area contributed by atoms with Gasteiger partial charge < -0.3 is 9.47 Å². The second-order valence-electron chi connectivity index (χ2n) is 6.94. The van der Waals surface area contributed by atoms with Gasteiger partial charge in [0.15, 0.2) is 0 Å². The van der Waals surface area contributed by atoms with Crippen LogP contribution < -0.4 is 0 Å². The first kappa shape index (κ1) is 17.6. The van der Waals surface area contributed by atoms with Crippen LogP contribution in [-0.4, -0.2) is 66.4 Å². The van der Waals surface area contributed by atoms with E-state index in [0.717, 1.165) is 63.2 Å². The van der Waals surface area contributed by atoms with E-state index in [-0.39, 0.29) is 5.60 Å². The molecule has 1 spiro atoms. The minimum atomic E-state index is -0.225. The largest absolute Gasteiger partial charge is 0.377 e. The summed E-state index contributed by atoms with van der Waals surface area (Å²) in [7, 11) is 0. The Hall–Kier alpha value is -0.830. The smallest absolute Gasteiger partial charge is 0.117 e. The first-order valence-electron chi connectivity index (χ1n) is 8.81. The third-order valence-corrected chi connectivity index (χ3v) is 6.45. The number of hydrogen-bond donors (Lipinski definition) is 0. The van der Waals surface area contributed by atoms with Crippen LogP contribution in [-0.2, 0) is 22.6 Å². The summed E-state index contributed by atoms with van der Waals surface area (Å²) in [4.78, 5) is 11.0. The highest BCUT2D eigenvalue weighted by atomic mass is 32.1. The van der Waals surface area contributed by atoms with E-state index in [1.165, 1.54) is 4.88 Å². The molecule has 2 saturated heterocycles. The van der Waals surface area contributed by atoms with Crippen LogP contribution in [0.5, 0.6) is 0 Å². The van der Waals surface area contributed by atoms with Crippen LogP contribution in [0.1, 0.15) is 15.6 Å². The van der Waals surface area contributed by atoms with Crippen molar-refractivity contribution in [2.45, 2.75) is 25.6 Å². The number of rotatable bonds is 4. The molecule has 0 saturated carbocycles. The molecule has 4 heterocycles. The van der Waals surface area contributed by atoms with Crippen LogP contribution in [0.4, 0.5) is 0 Å². The molecule has 1 atom stereocenters. The standard InChI is InChI=1S/C18H25N3O2S2/c1-15-19-16(11-25-15)9-20-4-6-22-14-18(12-20)13-21(5-7-23-18)10-17-3-2-8-24-17/h2-3,8,11H,4-7,9-10,12-14H2,1H3/t18-/m1/s1. The highest BCUT2D eigenvalue weighted by molar-refractivity contribution is 7.10. The first-order chi connectivity index (χ1) is 12.2. The van der Waals surface area contributed by atoms with Crippen molar-refractivity contribution in [3.8, 4) is 0 Å². The van der Waals surface area contributed by atoms with Crippen LogP contribution in [0.15, 0.2) is 22.9 Å². The molecule has 5 nitrogen and oxygen atoms in total. The van der Waals surface area contributed by atoms with E-state index >= 15 is 0 Å². The van der Waals surface area contributed by atoms with E-state index < -0.39 is 0 Å². The maximum atomic E-state index is 6.29. The number of thiazole rings is 1. The summed E-state index contributed by atoms with van der Waals surface area (Å²) < 4.78 is 12.2. The van der Waals surface area contributed by atoms with Gasteiger partial charge in [0.25, 0.3) is 0 Å². The average molecular weight is 380 g/mol. The summed E-state index contributed by atoms with van der Waals surface area (Å²) in [5.74, 6) is 0. The van der Waals surface area contributed by atoms with Crippen LogP contribution in [0, 0.1) is 6.92 Å². The number of hydrogen-bond acceptors (Lipinski definition) is 7. The van der Waals surface area contributed by atoms with Crippen molar-refractivity contribution >= 4 is 22.7 Å². The summed E-state index contributed by atoms with van der Waals surface area (Å²) in [5, 5.41) is 5.45. The molecule has 0 radical (unpaired) electrons. The fourth-order valence-electron chi connectivity index (χ4n) is 3.69. The molecular formula is C18H25N3O2S2. The molecule has 2 aliphatic heterocycles. The molecular weight excluding hydrogens is 354 g/mol. The molecule has 0 bridgehead atoms. The Bertz CT molecular complexity index is 676. The normalized spacial score (nSPS) is 26.1. The Balaban J connectivity index is 1.43. The molecule has 4 rings (SSSR count). The van der Waals surface area contributed by atoms with Gasteiger partial charge in [0.05, 0.1) is 30.5 Å². The minimum Gasteiger partial charge on any atom is -0.377 e. The Kier molecular flexibility index (Phi) is 5.50. The van der Waals surface area contributed by atoms with Gasteiger partial charge in [-0.25, -0.2) is 4.98 Å². The number of aryl methyl sites for hydroxylation is 1. The van der Waals surface area contributed by atoms with Crippen LogP contribution in [0.3, 0.4) is 0 Å². The number of ether oxygens (including phenoxy) is 2. The van der Waals surface area contributed by atoms with Gasteiger partial charge in [-0.3, -0.25) is 9.80 Å². The second kappa shape index (κ2) is 7.82. The second-order valence-corrected chi connectivity index (χ2v) is 9.04. The van der Waals surface area contributed by atoms with Crippen molar-refractivity contribution in [2.24, 2.45) is 0 Å². The highest BCUT2D eigenvalue weighted by Gasteiger charge is 2.40. The van der Waals surface area contributed by atoms with E-state index in [9.17, 15) is 0 Å². The van der Waals surface area contributed by atoms with Crippen molar-refractivity contribution < 1.29 is 9.47 Å². The zero-order valence-corrected chi connectivity index (χ0v) is 16.3. The Labute approximate surface area is 157 Å². The van der Waals surface area contributed by atoms with Gasteiger partial charge in [-0.1, -0.05) is 6.07 Å². The molecule has 0 unspecified atom stereocenters. The Morgan fingerprint density at radius 3 is 2.76 bits per heavy atom. The zero-order chi connectivity index (χ0) is 17.1. The quantitative estimate of drug-likeness (QED) is 0.816. The van der Waals surface area contributed by atoms with Crippen LogP contribution in [0.25, 0.3) is 0 Å². The van der Waals surface area contributed by atoms with E-state index in [1.54, 1.807) is 11.3 Å². The summed E-state index contributed by atoms with van der Waals surface area (Å²) in [6.45, 7) is 9.93. The fourth-order valence-corrected chi connectivity index (χ4v) is 5.04. The summed E-state index contributed by atoms with van der Waals surface area (Å²) in [6, 6.07) is 4.34. The van der Waals surface area contributed by atoms with Crippen LogP contribution in [0.2, 0.25) is 0 Å². The number of morpholine rings is 1. The molecule has 0 N–H and O–H groups in total. The average Bonchev–Trinajstić information content (AvgIpc) is 3.19. The fraction of sp³-hybridized carbons (Fsp3) is 0.611. The van der Waals surface area contributed by atoms with Gasteiger partial charge in [-0.05, 0) is 18.4 Å². The summed E-state index contributed by atoms with van der Waals surface area (Å²) in [6.07, 6.45) is 0. The molecule has 7 heteroatoms. The van der Waals surface area contributed by atoms with Crippen molar-refractivity contribution in [1.82, 2.24) is 14.8 Å². The maximum Gasteiger partial charge on any atom is 0.117 e. The molecule has 2 aliphatic rings. The molecule has 136 valence electrons. The van der Waals surface area contributed by atoms with Crippen molar-refractivity contribution in [3.63, 3.8) is 0 Å². The first-order valence-corrected chi connectivity index (χ1v) is 10.6. The Morgan fingerprint density at radius 1 is 1.16 bits per heavy atom. The molecule has 0 amide bonds. The zero-order valence-electron chi connectivity index (χ0n) is 14.6.